The molecule has 2 atom stereocenters. The SMILES string of the molecule is CN1C2CCC1CC(NC(=O)c1ccn(C)n1)C2. The van der Waals surface area contributed by atoms with Crippen molar-refractivity contribution in [1.29, 1.82) is 0 Å². The highest BCUT2D eigenvalue weighted by Gasteiger charge is 2.38. The number of piperidine rings is 1. The van der Waals surface area contributed by atoms with E-state index in [9.17, 15) is 4.79 Å². The molecule has 5 nitrogen and oxygen atoms in total. The van der Waals surface area contributed by atoms with E-state index < -0.39 is 0 Å². The predicted octanol–water partition coefficient (Wildman–Crippen LogP) is 0.775. The summed E-state index contributed by atoms with van der Waals surface area (Å²) in [5.41, 5.74) is 0.517. The van der Waals surface area contributed by atoms with E-state index in [0.717, 1.165) is 12.8 Å². The molecule has 1 aromatic rings. The van der Waals surface area contributed by atoms with Crippen molar-refractivity contribution >= 4 is 5.91 Å². The maximum Gasteiger partial charge on any atom is 0.271 e. The molecule has 3 rings (SSSR count). The summed E-state index contributed by atoms with van der Waals surface area (Å²) in [5, 5.41) is 7.27. The lowest BCUT2D eigenvalue weighted by atomic mass is 9.98. The third-order valence-corrected chi connectivity index (χ3v) is 4.38. The Bertz CT molecular complexity index is 442. The molecule has 1 aromatic heterocycles. The molecule has 98 valence electrons. The molecule has 2 saturated heterocycles. The number of hydrogen-bond acceptors (Lipinski definition) is 3. The minimum atomic E-state index is -0.0375. The molecule has 1 N–H and O–H groups in total. The Kier molecular flexibility index (Phi) is 2.86. The number of rotatable bonds is 2. The molecule has 0 radical (unpaired) electrons. The summed E-state index contributed by atoms with van der Waals surface area (Å²) in [6.45, 7) is 0. The highest BCUT2D eigenvalue weighted by atomic mass is 16.2. The highest BCUT2D eigenvalue weighted by molar-refractivity contribution is 5.92. The zero-order chi connectivity index (χ0) is 12.7. The first-order valence-electron chi connectivity index (χ1n) is 6.66. The number of nitrogens with one attached hydrogen (secondary N) is 1. The van der Waals surface area contributed by atoms with Crippen molar-refractivity contribution in [3.05, 3.63) is 18.0 Å². The van der Waals surface area contributed by atoms with Gasteiger partial charge in [-0.3, -0.25) is 9.48 Å². The first kappa shape index (κ1) is 11.7. The number of aromatic nitrogens is 2. The Morgan fingerprint density at radius 3 is 2.56 bits per heavy atom. The number of carbonyl (C=O) groups excluding carboxylic acids is 1. The van der Waals surface area contributed by atoms with Crippen LogP contribution in [0.25, 0.3) is 0 Å². The lowest BCUT2D eigenvalue weighted by Gasteiger charge is -2.36. The number of aryl methyl sites for hydroxylation is 1. The number of fused-ring (bicyclic) bond motifs is 2. The first-order valence-corrected chi connectivity index (χ1v) is 6.66. The van der Waals surface area contributed by atoms with Gasteiger partial charge in [0.1, 0.15) is 5.69 Å². The zero-order valence-corrected chi connectivity index (χ0v) is 11.0. The zero-order valence-electron chi connectivity index (χ0n) is 11.0. The van der Waals surface area contributed by atoms with Gasteiger partial charge in [0, 0.05) is 31.4 Å². The first-order chi connectivity index (χ1) is 8.63. The van der Waals surface area contributed by atoms with Crippen LogP contribution in [-0.4, -0.2) is 45.8 Å². The summed E-state index contributed by atoms with van der Waals surface area (Å²) in [6.07, 6.45) is 6.50. The van der Waals surface area contributed by atoms with Crippen LogP contribution in [0.2, 0.25) is 0 Å². The van der Waals surface area contributed by atoms with Crippen molar-refractivity contribution < 1.29 is 4.79 Å². The van der Waals surface area contributed by atoms with Crippen LogP contribution < -0.4 is 5.32 Å². The van der Waals surface area contributed by atoms with Crippen LogP contribution >= 0.6 is 0 Å². The number of amides is 1. The van der Waals surface area contributed by atoms with E-state index in [1.165, 1.54) is 12.8 Å². The molecule has 5 heteroatoms. The van der Waals surface area contributed by atoms with E-state index in [1.54, 1.807) is 16.9 Å². The van der Waals surface area contributed by atoms with Gasteiger partial charge < -0.3 is 10.2 Å². The van der Waals surface area contributed by atoms with Gasteiger partial charge >= 0.3 is 0 Å². The van der Waals surface area contributed by atoms with Gasteiger partial charge in [-0.2, -0.15) is 5.10 Å². The molecule has 2 aliphatic rings. The summed E-state index contributed by atoms with van der Waals surface area (Å²) in [5.74, 6) is -0.0375. The Morgan fingerprint density at radius 1 is 1.33 bits per heavy atom. The summed E-state index contributed by atoms with van der Waals surface area (Å²) in [4.78, 5) is 14.5. The Hall–Kier alpha value is -1.36. The Labute approximate surface area is 107 Å². The third kappa shape index (κ3) is 2.03. The van der Waals surface area contributed by atoms with E-state index in [-0.39, 0.29) is 5.91 Å². The van der Waals surface area contributed by atoms with Gasteiger partial charge in [-0.25, -0.2) is 0 Å². The Morgan fingerprint density at radius 2 is 2.00 bits per heavy atom. The molecule has 0 saturated carbocycles. The van der Waals surface area contributed by atoms with Crippen molar-refractivity contribution in [3.63, 3.8) is 0 Å². The Balaban J connectivity index is 1.62. The maximum absolute atomic E-state index is 12.0. The van der Waals surface area contributed by atoms with Gasteiger partial charge in [0.25, 0.3) is 5.91 Å². The quantitative estimate of drug-likeness (QED) is 0.841. The van der Waals surface area contributed by atoms with Crippen LogP contribution in [0.4, 0.5) is 0 Å². The lowest BCUT2D eigenvalue weighted by molar-refractivity contribution is 0.0877. The standard InChI is InChI=1S/C13H20N4O/c1-16-6-5-12(15-16)13(18)14-9-7-10-3-4-11(8-9)17(10)2/h5-6,9-11H,3-4,7-8H2,1-2H3,(H,14,18). The van der Waals surface area contributed by atoms with Crippen molar-refractivity contribution in [2.75, 3.05) is 7.05 Å². The highest BCUT2D eigenvalue weighted by Crippen LogP contribution is 2.34. The lowest BCUT2D eigenvalue weighted by Crippen LogP contribution is -2.48. The molecule has 18 heavy (non-hydrogen) atoms. The molecular formula is C13H20N4O. The molecule has 2 unspecified atom stereocenters. The van der Waals surface area contributed by atoms with Crippen molar-refractivity contribution in [3.8, 4) is 0 Å². The maximum atomic E-state index is 12.0. The van der Waals surface area contributed by atoms with E-state index in [1.807, 2.05) is 7.05 Å². The number of nitrogens with zero attached hydrogens (tertiary/aromatic N) is 3. The predicted molar refractivity (Wildman–Crippen MR) is 68.3 cm³/mol. The topological polar surface area (TPSA) is 50.2 Å². The fourth-order valence-electron chi connectivity index (χ4n) is 3.32. The second kappa shape index (κ2) is 4.39. The largest absolute Gasteiger partial charge is 0.348 e. The van der Waals surface area contributed by atoms with Crippen LogP contribution in [-0.2, 0) is 7.05 Å². The van der Waals surface area contributed by atoms with Gasteiger partial charge in [-0.15, -0.1) is 0 Å². The fourth-order valence-corrected chi connectivity index (χ4v) is 3.32. The molecule has 2 aliphatic heterocycles. The average Bonchev–Trinajstić information content (AvgIpc) is 2.82. The van der Waals surface area contributed by atoms with Crippen molar-refractivity contribution in [1.82, 2.24) is 20.0 Å². The fraction of sp³-hybridized carbons (Fsp3) is 0.692. The second-order valence-electron chi connectivity index (χ2n) is 5.57. The molecule has 2 fully saturated rings. The monoisotopic (exact) mass is 248 g/mol. The van der Waals surface area contributed by atoms with Gasteiger partial charge in [0.2, 0.25) is 0 Å². The average molecular weight is 248 g/mol. The minimum Gasteiger partial charge on any atom is -0.348 e. The molecule has 0 spiro atoms. The van der Waals surface area contributed by atoms with Crippen molar-refractivity contribution in [2.45, 2.75) is 43.8 Å². The van der Waals surface area contributed by atoms with Crippen LogP contribution in [0.5, 0.6) is 0 Å². The minimum absolute atomic E-state index is 0.0375. The smallest absolute Gasteiger partial charge is 0.271 e. The molecule has 1 amide bonds. The van der Waals surface area contributed by atoms with Crippen LogP contribution in [0, 0.1) is 0 Å². The van der Waals surface area contributed by atoms with Gasteiger partial charge in [0.05, 0.1) is 0 Å². The van der Waals surface area contributed by atoms with Crippen molar-refractivity contribution in [2.24, 2.45) is 7.05 Å². The molecule has 3 heterocycles. The van der Waals surface area contributed by atoms with Crippen LogP contribution in [0.3, 0.4) is 0 Å². The number of hydrogen-bond donors (Lipinski definition) is 1. The van der Waals surface area contributed by atoms with Gasteiger partial charge in [-0.05, 0) is 38.8 Å². The van der Waals surface area contributed by atoms with Crippen LogP contribution in [0.15, 0.2) is 12.3 Å². The van der Waals surface area contributed by atoms with E-state index in [0.29, 0.717) is 23.8 Å². The van der Waals surface area contributed by atoms with E-state index >= 15 is 0 Å². The molecule has 0 aromatic carbocycles. The third-order valence-electron chi connectivity index (χ3n) is 4.38. The molecule has 2 bridgehead atoms. The van der Waals surface area contributed by atoms with E-state index in [2.05, 4.69) is 22.4 Å². The second-order valence-corrected chi connectivity index (χ2v) is 5.57. The summed E-state index contributed by atoms with van der Waals surface area (Å²) >= 11 is 0. The summed E-state index contributed by atoms with van der Waals surface area (Å²) in [7, 11) is 4.03. The molecule has 0 aliphatic carbocycles. The van der Waals surface area contributed by atoms with Crippen LogP contribution in [0.1, 0.15) is 36.2 Å². The summed E-state index contributed by atoms with van der Waals surface area (Å²) in [6, 6.07) is 3.38. The van der Waals surface area contributed by atoms with E-state index in [4.69, 9.17) is 0 Å². The van der Waals surface area contributed by atoms with Gasteiger partial charge in [-0.1, -0.05) is 0 Å². The number of carbonyl (C=O) groups is 1. The molecular weight excluding hydrogens is 228 g/mol. The summed E-state index contributed by atoms with van der Waals surface area (Å²) < 4.78 is 1.66. The normalized spacial score (nSPS) is 31.6. The van der Waals surface area contributed by atoms with Gasteiger partial charge in [0.15, 0.2) is 0 Å².